The maximum absolute atomic E-state index is 12.0. The van der Waals surface area contributed by atoms with Crippen LogP contribution in [0.3, 0.4) is 0 Å². The van der Waals surface area contributed by atoms with Gasteiger partial charge >= 0.3 is 12.3 Å². The van der Waals surface area contributed by atoms with Gasteiger partial charge in [0.1, 0.15) is 11.5 Å². The molecular weight excluding hydrogens is 301 g/mol. The van der Waals surface area contributed by atoms with Crippen molar-refractivity contribution in [3.63, 3.8) is 0 Å². The van der Waals surface area contributed by atoms with Crippen LogP contribution in [0.2, 0.25) is 0 Å². The Balaban J connectivity index is 2.13. The minimum absolute atomic E-state index is 0.116. The molecule has 0 aliphatic carbocycles. The third-order valence-corrected chi connectivity index (χ3v) is 2.64. The van der Waals surface area contributed by atoms with Gasteiger partial charge in [0.2, 0.25) is 6.10 Å². The molecule has 0 amide bonds. The average molecular weight is 312 g/mol. The molecule has 2 aromatic rings. The van der Waals surface area contributed by atoms with Crippen LogP contribution in [0.1, 0.15) is 11.7 Å². The first-order chi connectivity index (χ1) is 10.3. The fourth-order valence-corrected chi connectivity index (χ4v) is 1.74. The minimum Gasteiger partial charge on any atom is -0.478 e. The molecule has 0 radical (unpaired) electrons. The van der Waals surface area contributed by atoms with Crippen molar-refractivity contribution in [2.24, 2.45) is 0 Å². The van der Waals surface area contributed by atoms with Crippen molar-refractivity contribution in [3.8, 4) is 11.5 Å². The van der Waals surface area contributed by atoms with Crippen LogP contribution in [0.15, 0.2) is 54.6 Å². The Morgan fingerprint density at radius 3 is 2.00 bits per heavy atom. The highest BCUT2D eigenvalue weighted by Gasteiger charge is 2.31. The van der Waals surface area contributed by atoms with Crippen LogP contribution >= 0.6 is 0 Å². The molecule has 0 spiro atoms. The molecule has 0 heterocycles. The fourth-order valence-electron chi connectivity index (χ4n) is 1.74. The second-order valence-corrected chi connectivity index (χ2v) is 4.27. The van der Waals surface area contributed by atoms with Gasteiger partial charge in [-0.2, -0.15) is 0 Å². The first kappa shape index (κ1) is 15.7. The summed E-state index contributed by atoms with van der Waals surface area (Å²) in [6.07, 6.45) is -6.04. The van der Waals surface area contributed by atoms with E-state index < -0.39 is 24.2 Å². The summed E-state index contributed by atoms with van der Waals surface area (Å²) < 4.78 is 45.2. The molecule has 7 heteroatoms. The minimum atomic E-state index is -4.78. The number of ether oxygens (including phenoxy) is 2. The average Bonchev–Trinajstić information content (AvgIpc) is 2.45. The van der Waals surface area contributed by atoms with E-state index in [4.69, 9.17) is 4.74 Å². The van der Waals surface area contributed by atoms with Gasteiger partial charge in [-0.1, -0.05) is 30.3 Å². The summed E-state index contributed by atoms with van der Waals surface area (Å²) >= 11 is 0. The predicted octanol–water partition coefficient (Wildman–Crippen LogP) is 3.79. The molecule has 22 heavy (non-hydrogen) atoms. The summed E-state index contributed by atoms with van der Waals surface area (Å²) in [5.74, 6) is -1.50. The molecular formula is C15H11F3O4. The second-order valence-electron chi connectivity index (χ2n) is 4.27. The van der Waals surface area contributed by atoms with Crippen molar-refractivity contribution in [1.29, 1.82) is 0 Å². The standard InChI is InChI=1S/C15H11F3O4/c16-15(17,18)22-12-8-6-11(7-9-12)21-13(14(19)20)10-4-2-1-3-5-10/h1-9,13H,(H,19,20). The number of alkyl halides is 3. The lowest BCUT2D eigenvalue weighted by atomic mass is 10.1. The number of carboxylic acid groups (broad SMARTS) is 1. The third kappa shape index (κ3) is 4.41. The number of hydrogen-bond donors (Lipinski definition) is 1. The van der Waals surface area contributed by atoms with Crippen molar-refractivity contribution in [2.75, 3.05) is 0 Å². The van der Waals surface area contributed by atoms with Gasteiger partial charge in [-0.15, -0.1) is 13.2 Å². The van der Waals surface area contributed by atoms with E-state index >= 15 is 0 Å². The van der Waals surface area contributed by atoms with Crippen LogP contribution in [0.4, 0.5) is 13.2 Å². The van der Waals surface area contributed by atoms with E-state index in [1.165, 1.54) is 12.1 Å². The summed E-state index contributed by atoms with van der Waals surface area (Å²) in [6.45, 7) is 0. The van der Waals surface area contributed by atoms with Crippen molar-refractivity contribution in [1.82, 2.24) is 0 Å². The van der Waals surface area contributed by atoms with Gasteiger partial charge in [0.05, 0.1) is 0 Å². The Labute approximate surface area is 123 Å². The largest absolute Gasteiger partial charge is 0.573 e. The van der Waals surface area contributed by atoms with Gasteiger partial charge in [0.15, 0.2) is 0 Å². The highest BCUT2D eigenvalue weighted by Crippen LogP contribution is 2.27. The van der Waals surface area contributed by atoms with Crippen LogP contribution < -0.4 is 9.47 Å². The molecule has 2 aromatic carbocycles. The maximum atomic E-state index is 12.0. The predicted molar refractivity (Wildman–Crippen MR) is 70.6 cm³/mol. The number of carbonyl (C=O) groups is 1. The molecule has 0 saturated heterocycles. The Kier molecular flexibility index (Phi) is 4.55. The quantitative estimate of drug-likeness (QED) is 0.912. The zero-order valence-electron chi connectivity index (χ0n) is 11.1. The number of hydrogen-bond acceptors (Lipinski definition) is 3. The first-order valence-corrected chi connectivity index (χ1v) is 6.15. The normalized spacial score (nSPS) is 12.5. The lowest BCUT2D eigenvalue weighted by molar-refractivity contribution is -0.274. The van der Waals surface area contributed by atoms with Crippen molar-refractivity contribution >= 4 is 5.97 Å². The Bertz CT molecular complexity index is 623. The topological polar surface area (TPSA) is 55.8 Å². The molecule has 0 fully saturated rings. The van der Waals surface area contributed by atoms with Gasteiger partial charge in [-0.3, -0.25) is 0 Å². The molecule has 0 aromatic heterocycles. The number of halogens is 3. The molecule has 0 saturated carbocycles. The Hall–Kier alpha value is -2.70. The molecule has 1 unspecified atom stereocenters. The highest BCUT2D eigenvalue weighted by atomic mass is 19.4. The fraction of sp³-hybridized carbons (Fsp3) is 0.133. The molecule has 1 N–H and O–H groups in total. The van der Waals surface area contributed by atoms with Crippen LogP contribution in [0, 0.1) is 0 Å². The van der Waals surface area contributed by atoms with Crippen LogP contribution in [-0.4, -0.2) is 17.4 Å². The van der Waals surface area contributed by atoms with E-state index in [-0.39, 0.29) is 5.75 Å². The number of rotatable bonds is 5. The lowest BCUT2D eigenvalue weighted by Gasteiger charge is -2.16. The summed E-state index contributed by atoms with van der Waals surface area (Å²) in [7, 11) is 0. The molecule has 0 bridgehead atoms. The number of benzene rings is 2. The lowest BCUT2D eigenvalue weighted by Crippen LogP contribution is -2.18. The Morgan fingerprint density at radius 2 is 1.50 bits per heavy atom. The van der Waals surface area contributed by atoms with E-state index in [0.717, 1.165) is 12.1 Å². The van der Waals surface area contributed by atoms with E-state index in [9.17, 15) is 23.1 Å². The monoisotopic (exact) mass is 312 g/mol. The summed E-state index contributed by atoms with van der Waals surface area (Å²) in [5, 5.41) is 9.20. The smallest absolute Gasteiger partial charge is 0.478 e. The summed E-state index contributed by atoms with van der Waals surface area (Å²) in [6, 6.07) is 12.7. The molecule has 0 aliphatic heterocycles. The SMILES string of the molecule is O=C(O)C(Oc1ccc(OC(F)(F)F)cc1)c1ccccc1. The van der Waals surface area contributed by atoms with Gasteiger partial charge < -0.3 is 14.6 Å². The van der Waals surface area contributed by atoms with Gasteiger partial charge in [0, 0.05) is 5.56 Å². The highest BCUT2D eigenvalue weighted by molar-refractivity contribution is 5.74. The number of carboxylic acids is 1. The summed E-state index contributed by atoms with van der Waals surface area (Å²) in [4.78, 5) is 11.3. The van der Waals surface area contributed by atoms with E-state index in [2.05, 4.69) is 4.74 Å². The molecule has 0 aliphatic rings. The van der Waals surface area contributed by atoms with Crippen molar-refractivity contribution in [2.45, 2.75) is 12.5 Å². The molecule has 116 valence electrons. The van der Waals surface area contributed by atoms with Gasteiger partial charge in [-0.05, 0) is 24.3 Å². The third-order valence-electron chi connectivity index (χ3n) is 2.64. The molecule has 2 rings (SSSR count). The first-order valence-electron chi connectivity index (χ1n) is 6.15. The molecule has 4 nitrogen and oxygen atoms in total. The zero-order valence-corrected chi connectivity index (χ0v) is 11.1. The summed E-state index contributed by atoms with van der Waals surface area (Å²) in [5.41, 5.74) is 0.422. The maximum Gasteiger partial charge on any atom is 0.573 e. The van der Waals surface area contributed by atoms with Gasteiger partial charge in [0.25, 0.3) is 0 Å². The van der Waals surface area contributed by atoms with Crippen molar-refractivity contribution in [3.05, 3.63) is 60.2 Å². The Morgan fingerprint density at radius 1 is 0.955 bits per heavy atom. The van der Waals surface area contributed by atoms with Crippen LogP contribution in [0.5, 0.6) is 11.5 Å². The molecule has 1 atom stereocenters. The van der Waals surface area contributed by atoms with Crippen LogP contribution in [0.25, 0.3) is 0 Å². The second kappa shape index (κ2) is 6.38. The van der Waals surface area contributed by atoms with E-state index in [1.807, 2.05) is 0 Å². The van der Waals surface area contributed by atoms with E-state index in [1.54, 1.807) is 30.3 Å². The number of aliphatic carboxylic acids is 1. The van der Waals surface area contributed by atoms with Crippen molar-refractivity contribution < 1.29 is 32.5 Å². The van der Waals surface area contributed by atoms with Crippen LogP contribution in [-0.2, 0) is 4.79 Å². The van der Waals surface area contributed by atoms with E-state index in [0.29, 0.717) is 5.56 Å². The zero-order chi connectivity index (χ0) is 16.2. The van der Waals surface area contributed by atoms with Gasteiger partial charge in [-0.25, -0.2) is 4.79 Å².